The van der Waals surface area contributed by atoms with Gasteiger partial charge < -0.3 is 15.4 Å². The number of thiophene rings is 1. The highest BCUT2D eigenvalue weighted by Gasteiger charge is 2.06. The van der Waals surface area contributed by atoms with Gasteiger partial charge >= 0.3 is 0 Å². The molecule has 1 rings (SSSR count). The van der Waals surface area contributed by atoms with E-state index in [4.69, 9.17) is 4.74 Å². The Morgan fingerprint density at radius 3 is 2.86 bits per heavy atom. The maximum Gasteiger partial charge on any atom is 0.191 e. The molecule has 21 heavy (non-hydrogen) atoms. The minimum absolute atomic E-state index is 0.474. The molecule has 1 aromatic heterocycles. The van der Waals surface area contributed by atoms with E-state index in [1.54, 1.807) is 18.4 Å². The van der Waals surface area contributed by atoms with Crippen LogP contribution in [-0.4, -0.2) is 39.3 Å². The number of hydrogen-bond acceptors (Lipinski definition) is 3. The molecule has 120 valence electrons. The highest BCUT2D eigenvalue weighted by atomic mass is 32.1. The molecule has 0 bridgehead atoms. The number of guanidine groups is 1. The summed E-state index contributed by atoms with van der Waals surface area (Å²) in [7, 11) is 1.75. The summed E-state index contributed by atoms with van der Waals surface area (Å²) in [6, 6.07) is 4.28. The maximum absolute atomic E-state index is 5.05. The van der Waals surface area contributed by atoms with Gasteiger partial charge in [0, 0.05) is 37.6 Å². The summed E-state index contributed by atoms with van der Waals surface area (Å²) in [4.78, 5) is 6.08. The van der Waals surface area contributed by atoms with Gasteiger partial charge in [-0.3, -0.25) is 4.99 Å². The molecule has 0 spiro atoms. The molecule has 0 fully saturated rings. The molecule has 2 N–H and O–H groups in total. The van der Waals surface area contributed by atoms with Crippen LogP contribution in [0.15, 0.2) is 22.5 Å². The van der Waals surface area contributed by atoms with Crippen molar-refractivity contribution >= 4 is 17.3 Å². The summed E-state index contributed by atoms with van der Waals surface area (Å²) in [6.07, 6.45) is 3.46. The molecule has 1 aromatic rings. The Morgan fingerprint density at radius 1 is 1.33 bits per heavy atom. The first-order chi connectivity index (χ1) is 10.3. The Kier molecular flexibility index (Phi) is 9.91. The van der Waals surface area contributed by atoms with Crippen molar-refractivity contribution < 1.29 is 4.74 Å². The van der Waals surface area contributed by atoms with Crippen molar-refractivity contribution in [2.24, 2.45) is 4.99 Å². The monoisotopic (exact) mass is 311 g/mol. The molecule has 0 saturated carbocycles. The minimum atomic E-state index is 0.474. The number of ether oxygens (including phenoxy) is 1. The van der Waals surface area contributed by atoms with E-state index in [0.29, 0.717) is 5.92 Å². The number of nitrogens with zero attached hydrogens (tertiary/aromatic N) is 1. The summed E-state index contributed by atoms with van der Waals surface area (Å²) in [5, 5.41) is 8.83. The fourth-order valence-corrected chi connectivity index (χ4v) is 2.76. The van der Waals surface area contributed by atoms with E-state index in [2.05, 4.69) is 47.0 Å². The number of rotatable bonds is 10. The summed E-state index contributed by atoms with van der Waals surface area (Å²) in [5.41, 5.74) is 0. The third kappa shape index (κ3) is 8.07. The Bertz CT molecular complexity index is 379. The van der Waals surface area contributed by atoms with Crippen LogP contribution in [0, 0.1) is 0 Å². The largest absolute Gasteiger partial charge is 0.385 e. The lowest BCUT2D eigenvalue weighted by Crippen LogP contribution is -2.38. The second kappa shape index (κ2) is 11.6. The van der Waals surface area contributed by atoms with Crippen LogP contribution < -0.4 is 10.6 Å². The molecule has 0 radical (unpaired) electrons. The van der Waals surface area contributed by atoms with Crippen molar-refractivity contribution in [2.45, 2.75) is 39.0 Å². The van der Waals surface area contributed by atoms with E-state index < -0.39 is 0 Å². The third-order valence-electron chi connectivity index (χ3n) is 3.21. The summed E-state index contributed by atoms with van der Waals surface area (Å²) in [6.45, 7) is 7.85. The van der Waals surface area contributed by atoms with Gasteiger partial charge in [-0.05, 0) is 37.6 Å². The highest BCUT2D eigenvalue weighted by molar-refractivity contribution is 7.10. The molecular weight excluding hydrogens is 282 g/mol. The van der Waals surface area contributed by atoms with Crippen molar-refractivity contribution in [3.8, 4) is 0 Å². The average Bonchev–Trinajstić information content (AvgIpc) is 3.02. The molecule has 5 heteroatoms. The molecule has 0 aliphatic rings. The van der Waals surface area contributed by atoms with Crippen LogP contribution >= 0.6 is 11.3 Å². The molecule has 0 aromatic carbocycles. The topological polar surface area (TPSA) is 45.7 Å². The molecule has 0 amide bonds. The van der Waals surface area contributed by atoms with Crippen LogP contribution in [0.3, 0.4) is 0 Å². The van der Waals surface area contributed by atoms with Crippen molar-refractivity contribution in [2.75, 3.05) is 33.4 Å². The van der Waals surface area contributed by atoms with E-state index >= 15 is 0 Å². The molecule has 1 atom stereocenters. The highest BCUT2D eigenvalue weighted by Crippen LogP contribution is 2.20. The van der Waals surface area contributed by atoms with Gasteiger partial charge in [0.1, 0.15) is 0 Å². The second-order valence-electron chi connectivity index (χ2n) is 5.12. The molecule has 0 aliphatic heterocycles. The lowest BCUT2D eigenvalue weighted by atomic mass is 10.1. The van der Waals surface area contributed by atoms with Gasteiger partial charge in [0.15, 0.2) is 5.96 Å². The summed E-state index contributed by atoms with van der Waals surface area (Å²) in [5.74, 6) is 1.40. The zero-order valence-electron chi connectivity index (χ0n) is 13.5. The van der Waals surface area contributed by atoms with Crippen LogP contribution in [0.4, 0.5) is 0 Å². The fraction of sp³-hybridized carbons (Fsp3) is 0.688. The molecule has 4 nitrogen and oxygen atoms in total. The first-order valence-electron chi connectivity index (χ1n) is 7.82. The van der Waals surface area contributed by atoms with Crippen LogP contribution in [0.2, 0.25) is 0 Å². The van der Waals surface area contributed by atoms with Gasteiger partial charge in [-0.1, -0.05) is 13.0 Å². The Balaban J connectivity index is 2.29. The van der Waals surface area contributed by atoms with Gasteiger partial charge in [-0.2, -0.15) is 0 Å². The van der Waals surface area contributed by atoms with E-state index in [1.807, 2.05) is 0 Å². The average molecular weight is 311 g/mol. The summed E-state index contributed by atoms with van der Waals surface area (Å²) < 4.78 is 5.05. The number of aliphatic imine (C=N–C) groups is 1. The third-order valence-corrected chi connectivity index (χ3v) is 4.32. The van der Waals surface area contributed by atoms with E-state index in [-0.39, 0.29) is 0 Å². The van der Waals surface area contributed by atoms with Crippen molar-refractivity contribution in [3.63, 3.8) is 0 Å². The second-order valence-corrected chi connectivity index (χ2v) is 6.10. The Hall–Kier alpha value is -1.07. The first kappa shape index (κ1) is 18.0. The predicted octanol–water partition coefficient (Wildman–Crippen LogP) is 3.22. The van der Waals surface area contributed by atoms with Gasteiger partial charge in [0.2, 0.25) is 0 Å². The normalized spacial score (nSPS) is 13.2. The fourth-order valence-electron chi connectivity index (χ4n) is 1.99. The smallest absolute Gasteiger partial charge is 0.191 e. The molecule has 1 heterocycles. The predicted molar refractivity (Wildman–Crippen MR) is 92.4 cm³/mol. The molecule has 0 saturated heterocycles. The zero-order chi connectivity index (χ0) is 15.3. The van der Waals surface area contributed by atoms with E-state index in [9.17, 15) is 0 Å². The van der Waals surface area contributed by atoms with Crippen LogP contribution in [0.5, 0.6) is 0 Å². The van der Waals surface area contributed by atoms with E-state index in [0.717, 1.165) is 45.0 Å². The quantitative estimate of drug-likeness (QED) is 0.396. The van der Waals surface area contributed by atoms with Crippen molar-refractivity contribution in [1.82, 2.24) is 10.6 Å². The number of unbranched alkanes of at least 4 members (excludes halogenated alkanes) is 2. The van der Waals surface area contributed by atoms with Gasteiger partial charge in [-0.15, -0.1) is 11.3 Å². The summed E-state index contributed by atoms with van der Waals surface area (Å²) >= 11 is 1.80. The van der Waals surface area contributed by atoms with Gasteiger partial charge in [0.05, 0.1) is 6.54 Å². The van der Waals surface area contributed by atoms with Crippen molar-refractivity contribution in [3.05, 3.63) is 22.4 Å². The number of nitrogens with one attached hydrogen (secondary N) is 2. The van der Waals surface area contributed by atoms with Gasteiger partial charge in [0.25, 0.3) is 0 Å². The van der Waals surface area contributed by atoms with Crippen LogP contribution in [0.1, 0.15) is 43.9 Å². The number of hydrogen-bond donors (Lipinski definition) is 2. The molecular formula is C16H29N3OS. The van der Waals surface area contributed by atoms with Gasteiger partial charge in [-0.25, -0.2) is 0 Å². The maximum atomic E-state index is 5.05. The Morgan fingerprint density at radius 2 is 2.19 bits per heavy atom. The lowest BCUT2D eigenvalue weighted by molar-refractivity contribution is 0.192. The SMILES string of the molecule is CCNC(=NCC(C)c1cccs1)NCCCCCOC. The lowest BCUT2D eigenvalue weighted by Gasteiger charge is -2.13. The van der Waals surface area contributed by atoms with E-state index in [1.165, 1.54) is 11.3 Å². The van der Waals surface area contributed by atoms with Crippen molar-refractivity contribution in [1.29, 1.82) is 0 Å². The molecule has 1 unspecified atom stereocenters. The van der Waals surface area contributed by atoms with Crippen LogP contribution in [0.25, 0.3) is 0 Å². The minimum Gasteiger partial charge on any atom is -0.385 e. The number of methoxy groups -OCH3 is 1. The first-order valence-corrected chi connectivity index (χ1v) is 8.70. The Labute approximate surface area is 133 Å². The van der Waals surface area contributed by atoms with Crippen LogP contribution in [-0.2, 0) is 4.74 Å². The zero-order valence-corrected chi connectivity index (χ0v) is 14.3. The standard InChI is InChI=1S/C16H29N3OS/c1-4-17-16(18-10-6-5-7-11-20-3)19-13-14(2)15-9-8-12-21-15/h8-9,12,14H,4-7,10-11,13H2,1-3H3,(H2,17,18,19). The molecule has 0 aliphatic carbocycles.